The fourth-order valence-electron chi connectivity index (χ4n) is 4.48. The second-order valence-electron chi connectivity index (χ2n) is 8.29. The number of carbonyl (C=O) groups is 1. The molecule has 33 heavy (non-hydrogen) atoms. The van der Waals surface area contributed by atoms with E-state index in [1.807, 2.05) is 0 Å². The first-order valence-corrected chi connectivity index (χ1v) is 10.8. The third kappa shape index (κ3) is 4.40. The van der Waals surface area contributed by atoms with Crippen molar-refractivity contribution in [3.63, 3.8) is 0 Å². The molecule has 9 heteroatoms. The maximum atomic E-state index is 13.4. The van der Waals surface area contributed by atoms with Crippen molar-refractivity contribution < 1.29 is 27.4 Å². The average Bonchev–Trinajstić information content (AvgIpc) is 3.27. The van der Waals surface area contributed by atoms with E-state index >= 15 is 0 Å². The normalized spacial score (nSPS) is 20.0. The zero-order valence-electron chi connectivity index (χ0n) is 17.6. The van der Waals surface area contributed by atoms with E-state index in [1.165, 1.54) is 0 Å². The zero-order valence-corrected chi connectivity index (χ0v) is 17.6. The van der Waals surface area contributed by atoms with Gasteiger partial charge < -0.3 is 20.1 Å². The summed E-state index contributed by atoms with van der Waals surface area (Å²) in [6.07, 6.45) is -1.52. The molecule has 2 aliphatic rings. The molecule has 2 atom stereocenters. The summed E-state index contributed by atoms with van der Waals surface area (Å²) in [4.78, 5) is 16.6. The van der Waals surface area contributed by atoms with E-state index in [9.17, 15) is 18.0 Å². The number of fused-ring (bicyclic) bond motifs is 2. The van der Waals surface area contributed by atoms with E-state index in [2.05, 4.69) is 15.6 Å². The molecular weight excluding hydrogens is 435 g/mol. The van der Waals surface area contributed by atoms with Gasteiger partial charge >= 0.3 is 6.18 Å². The van der Waals surface area contributed by atoms with E-state index in [0.717, 1.165) is 25.3 Å². The molecule has 0 spiro atoms. The summed E-state index contributed by atoms with van der Waals surface area (Å²) >= 11 is 0. The van der Waals surface area contributed by atoms with Crippen molar-refractivity contribution in [2.45, 2.75) is 43.9 Å². The van der Waals surface area contributed by atoms with Gasteiger partial charge in [-0.25, -0.2) is 4.98 Å². The highest BCUT2D eigenvalue weighted by Crippen LogP contribution is 2.36. The number of anilines is 1. The molecule has 2 heterocycles. The number of nitrogens with zero attached hydrogens (tertiary/aromatic N) is 1. The Hall–Kier alpha value is -3.49. The summed E-state index contributed by atoms with van der Waals surface area (Å²) in [5.74, 6) is 0.719. The van der Waals surface area contributed by atoms with Crippen LogP contribution in [-0.2, 0) is 6.18 Å². The van der Waals surface area contributed by atoms with Gasteiger partial charge in [0.2, 0.25) is 6.79 Å². The molecule has 0 unspecified atom stereocenters. The van der Waals surface area contributed by atoms with Crippen LogP contribution in [0.1, 0.15) is 41.7 Å². The molecule has 6 nitrogen and oxygen atoms in total. The molecule has 2 aromatic carbocycles. The molecule has 3 aromatic rings. The number of alkyl halides is 3. The first-order chi connectivity index (χ1) is 15.9. The van der Waals surface area contributed by atoms with Gasteiger partial charge in [-0.2, -0.15) is 13.2 Å². The third-order valence-electron chi connectivity index (χ3n) is 6.02. The number of hydrogen-bond donors (Lipinski definition) is 2. The highest BCUT2D eigenvalue weighted by atomic mass is 19.4. The van der Waals surface area contributed by atoms with Gasteiger partial charge in [-0.3, -0.25) is 4.79 Å². The smallest absolute Gasteiger partial charge is 0.433 e. The molecule has 0 bridgehead atoms. The van der Waals surface area contributed by atoms with Crippen molar-refractivity contribution in [2.24, 2.45) is 0 Å². The van der Waals surface area contributed by atoms with Crippen LogP contribution in [0.5, 0.6) is 11.5 Å². The molecule has 1 amide bonds. The van der Waals surface area contributed by atoms with Gasteiger partial charge in [0.25, 0.3) is 5.91 Å². The van der Waals surface area contributed by atoms with Crippen LogP contribution in [0.3, 0.4) is 0 Å². The Labute approximate surface area is 188 Å². The molecule has 0 saturated heterocycles. The zero-order chi connectivity index (χ0) is 23.0. The van der Waals surface area contributed by atoms with Crippen LogP contribution in [0.4, 0.5) is 18.9 Å². The molecule has 1 fully saturated rings. The van der Waals surface area contributed by atoms with Crippen LogP contribution in [0, 0.1) is 0 Å². The second-order valence-corrected chi connectivity index (χ2v) is 8.29. The number of pyridine rings is 1. The molecule has 2 N–H and O–H groups in total. The molecule has 1 aliphatic carbocycles. The van der Waals surface area contributed by atoms with Gasteiger partial charge in [0, 0.05) is 23.2 Å². The lowest BCUT2D eigenvalue weighted by molar-refractivity contribution is -0.140. The summed E-state index contributed by atoms with van der Waals surface area (Å²) in [5.41, 5.74) is 0.173. The summed E-state index contributed by atoms with van der Waals surface area (Å²) in [6, 6.07) is 12.8. The Morgan fingerprint density at radius 1 is 1.03 bits per heavy atom. The Balaban J connectivity index is 1.32. The molecule has 1 aliphatic heterocycles. The summed E-state index contributed by atoms with van der Waals surface area (Å²) < 4.78 is 50.9. The molecule has 5 rings (SSSR count). The molecule has 172 valence electrons. The van der Waals surface area contributed by atoms with E-state index in [-0.39, 0.29) is 30.3 Å². The summed E-state index contributed by atoms with van der Waals surface area (Å²) in [5, 5.41) is 6.96. The largest absolute Gasteiger partial charge is 0.454 e. The minimum atomic E-state index is -4.54. The number of amides is 1. The lowest BCUT2D eigenvalue weighted by Gasteiger charge is -2.31. The number of hydrogen-bond acceptors (Lipinski definition) is 5. The number of nitrogens with one attached hydrogen (secondary N) is 2. The van der Waals surface area contributed by atoms with Gasteiger partial charge in [0.15, 0.2) is 11.5 Å². The van der Waals surface area contributed by atoms with Crippen molar-refractivity contribution in [2.75, 3.05) is 12.1 Å². The number of benzene rings is 2. The lowest BCUT2D eigenvalue weighted by Crippen LogP contribution is -2.41. The predicted molar refractivity (Wildman–Crippen MR) is 116 cm³/mol. The predicted octanol–water partition coefficient (Wildman–Crippen LogP) is 5.14. The Morgan fingerprint density at radius 2 is 1.85 bits per heavy atom. The third-order valence-corrected chi connectivity index (χ3v) is 6.02. The molecule has 0 radical (unpaired) electrons. The Kier molecular flexibility index (Phi) is 5.47. The Morgan fingerprint density at radius 3 is 2.70 bits per heavy atom. The fourth-order valence-corrected chi connectivity index (χ4v) is 4.48. The number of ether oxygens (including phenoxy) is 2. The van der Waals surface area contributed by atoms with Gasteiger partial charge in [-0.15, -0.1) is 0 Å². The average molecular weight is 457 g/mol. The number of halogens is 3. The second kappa shape index (κ2) is 8.46. The lowest BCUT2D eigenvalue weighted by atomic mass is 9.90. The van der Waals surface area contributed by atoms with E-state index in [0.29, 0.717) is 34.6 Å². The van der Waals surface area contributed by atoms with E-state index < -0.39 is 11.9 Å². The standard InChI is InChI=1S/C24H22F3N3O3/c25-24(26,27)21-12-19(16-7-1-2-9-18(16)30-21)28-14-5-3-6-15(11-14)29-23(31)17-8-4-10-20-22(17)33-13-32-20/h1-2,4,7-10,12,14-15H,3,5-6,11,13H2,(H,28,30)(H,29,31)/t14-,15+/m0/s1. The van der Waals surface area contributed by atoms with Crippen molar-refractivity contribution in [3.8, 4) is 11.5 Å². The van der Waals surface area contributed by atoms with Crippen LogP contribution in [-0.4, -0.2) is 29.8 Å². The van der Waals surface area contributed by atoms with Crippen molar-refractivity contribution >= 4 is 22.5 Å². The van der Waals surface area contributed by atoms with Crippen LogP contribution >= 0.6 is 0 Å². The molecular formula is C24H22F3N3O3. The molecule has 1 aromatic heterocycles. The highest BCUT2D eigenvalue weighted by Gasteiger charge is 2.34. The van der Waals surface area contributed by atoms with Crippen molar-refractivity contribution in [1.82, 2.24) is 10.3 Å². The monoisotopic (exact) mass is 457 g/mol. The molecule has 1 saturated carbocycles. The minimum Gasteiger partial charge on any atom is -0.454 e. The maximum absolute atomic E-state index is 13.4. The summed E-state index contributed by atoms with van der Waals surface area (Å²) in [6.45, 7) is 0.0782. The number of rotatable bonds is 4. The van der Waals surface area contributed by atoms with Crippen LogP contribution in [0.2, 0.25) is 0 Å². The highest BCUT2D eigenvalue weighted by molar-refractivity contribution is 5.98. The van der Waals surface area contributed by atoms with Gasteiger partial charge in [0.05, 0.1) is 11.1 Å². The fraction of sp³-hybridized carbons (Fsp3) is 0.333. The van der Waals surface area contributed by atoms with Crippen LogP contribution in [0.25, 0.3) is 10.9 Å². The van der Waals surface area contributed by atoms with Gasteiger partial charge in [0.1, 0.15) is 5.69 Å². The van der Waals surface area contributed by atoms with Crippen molar-refractivity contribution in [1.29, 1.82) is 0 Å². The summed E-state index contributed by atoms with van der Waals surface area (Å²) in [7, 11) is 0. The Bertz CT molecular complexity index is 1200. The quantitative estimate of drug-likeness (QED) is 0.568. The first-order valence-electron chi connectivity index (χ1n) is 10.8. The van der Waals surface area contributed by atoms with Gasteiger partial charge in [-0.05, 0) is 49.9 Å². The number of aromatic nitrogens is 1. The minimum absolute atomic E-state index is 0.0782. The van der Waals surface area contributed by atoms with Crippen LogP contribution in [0.15, 0.2) is 48.5 Å². The van der Waals surface area contributed by atoms with Crippen molar-refractivity contribution in [3.05, 3.63) is 59.8 Å². The van der Waals surface area contributed by atoms with E-state index in [4.69, 9.17) is 9.47 Å². The van der Waals surface area contributed by atoms with E-state index in [1.54, 1.807) is 42.5 Å². The van der Waals surface area contributed by atoms with Gasteiger partial charge in [-0.1, -0.05) is 24.3 Å². The number of carbonyl (C=O) groups excluding carboxylic acids is 1. The topological polar surface area (TPSA) is 72.5 Å². The number of para-hydroxylation sites is 2. The van der Waals surface area contributed by atoms with Crippen LogP contribution < -0.4 is 20.1 Å². The SMILES string of the molecule is O=C(N[C@@H]1CCC[C@H](Nc2cc(C(F)(F)F)nc3ccccc23)C1)c1cccc2c1OCO2. The first kappa shape index (κ1) is 21.4. The maximum Gasteiger partial charge on any atom is 0.433 e.